The Balaban J connectivity index is 1.95. The van der Waals surface area contributed by atoms with E-state index in [0.29, 0.717) is 13.0 Å². The van der Waals surface area contributed by atoms with Crippen molar-refractivity contribution in [2.45, 2.75) is 6.42 Å². The largest absolute Gasteiger partial charge is 0.464 e. The van der Waals surface area contributed by atoms with Crippen molar-refractivity contribution < 1.29 is 9.53 Å². The van der Waals surface area contributed by atoms with E-state index in [1.54, 1.807) is 0 Å². The third-order valence-electron chi connectivity index (χ3n) is 2.81. The molecule has 0 aliphatic heterocycles. The van der Waals surface area contributed by atoms with Gasteiger partial charge in [0, 0.05) is 23.6 Å². The van der Waals surface area contributed by atoms with Gasteiger partial charge in [-0.15, -0.1) is 0 Å². The number of rotatable bonds is 5. The molecule has 2 aromatic rings. The molecular formula is C14H18N2O2. The van der Waals surface area contributed by atoms with Crippen molar-refractivity contribution in [3.63, 3.8) is 0 Å². The third kappa shape index (κ3) is 3.11. The molecule has 0 amide bonds. The minimum Gasteiger partial charge on any atom is -0.464 e. The standard InChI is InChI=1S/C14H18N2O2/c1-16(2)7-8-18-14(17)9-11-10-15-13-6-4-3-5-12(11)13/h3-6,10,15H,7-9H2,1-2H3. The van der Waals surface area contributed by atoms with E-state index < -0.39 is 0 Å². The number of carbonyl (C=O) groups excluding carboxylic acids is 1. The van der Waals surface area contributed by atoms with E-state index in [4.69, 9.17) is 4.74 Å². The second kappa shape index (κ2) is 5.69. The molecule has 0 aliphatic carbocycles. The number of hydrogen-bond donors (Lipinski definition) is 1. The molecule has 96 valence electrons. The lowest BCUT2D eigenvalue weighted by Gasteiger charge is -2.09. The molecule has 1 aromatic heterocycles. The molecule has 0 bridgehead atoms. The molecule has 1 heterocycles. The summed E-state index contributed by atoms with van der Waals surface area (Å²) in [6.45, 7) is 1.19. The van der Waals surface area contributed by atoms with Crippen molar-refractivity contribution in [3.8, 4) is 0 Å². The maximum atomic E-state index is 11.7. The summed E-state index contributed by atoms with van der Waals surface area (Å²) in [5.74, 6) is -0.179. The maximum absolute atomic E-state index is 11.7. The van der Waals surface area contributed by atoms with Crippen LogP contribution in [0.25, 0.3) is 10.9 Å². The quantitative estimate of drug-likeness (QED) is 0.818. The molecule has 4 nitrogen and oxygen atoms in total. The minimum atomic E-state index is -0.179. The van der Waals surface area contributed by atoms with Crippen LogP contribution in [0.4, 0.5) is 0 Å². The van der Waals surface area contributed by atoms with E-state index >= 15 is 0 Å². The number of aromatic amines is 1. The summed E-state index contributed by atoms with van der Waals surface area (Å²) in [4.78, 5) is 16.8. The smallest absolute Gasteiger partial charge is 0.310 e. The molecule has 0 atom stereocenters. The van der Waals surface area contributed by atoms with Gasteiger partial charge in [0.2, 0.25) is 0 Å². The van der Waals surface area contributed by atoms with E-state index in [1.165, 1.54) is 0 Å². The van der Waals surface area contributed by atoms with Crippen LogP contribution in [0.2, 0.25) is 0 Å². The van der Waals surface area contributed by atoms with E-state index in [9.17, 15) is 4.79 Å². The maximum Gasteiger partial charge on any atom is 0.310 e. The number of H-pyrrole nitrogens is 1. The number of esters is 1. The van der Waals surface area contributed by atoms with Gasteiger partial charge in [-0.25, -0.2) is 0 Å². The molecule has 0 aliphatic rings. The first-order chi connectivity index (χ1) is 8.66. The van der Waals surface area contributed by atoms with Crippen molar-refractivity contribution in [1.82, 2.24) is 9.88 Å². The molecular weight excluding hydrogens is 228 g/mol. The zero-order chi connectivity index (χ0) is 13.0. The number of nitrogens with zero attached hydrogens (tertiary/aromatic N) is 1. The first kappa shape index (κ1) is 12.6. The highest BCUT2D eigenvalue weighted by molar-refractivity contribution is 5.87. The second-order valence-corrected chi connectivity index (χ2v) is 4.56. The monoisotopic (exact) mass is 246 g/mol. The third-order valence-corrected chi connectivity index (χ3v) is 2.81. The fraction of sp³-hybridized carbons (Fsp3) is 0.357. The highest BCUT2D eigenvalue weighted by Gasteiger charge is 2.09. The van der Waals surface area contributed by atoms with E-state index in [0.717, 1.165) is 23.0 Å². The average molecular weight is 246 g/mol. The molecule has 0 fully saturated rings. The van der Waals surface area contributed by atoms with Gasteiger partial charge in [-0.2, -0.15) is 0 Å². The molecule has 0 radical (unpaired) electrons. The number of benzene rings is 1. The fourth-order valence-electron chi connectivity index (χ4n) is 1.83. The van der Waals surface area contributed by atoms with Crippen LogP contribution in [-0.2, 0) is 16.0 Å². The van der Waals surface area contributed by atoms with Gasteiger partial charge >= 0.3 is 5.97 Å². The Morgan fingerprint density at radius 2 is 2.11 bits per heavy atom. The molecule has 0 unspecified atom stereocenters. The summed E-state index contributed by atoms with van der Waals surface area (Å²) >= 11 is 0. The Labute approximate surface area is 107 Å². The van der Waals surface area contributed by atoms with Gasteiger partial charge in [-0.3, -0.25) is 4.79 Å². The van der Waals surface area contributed by atoms with Crippen molar-refractivity contribution in [3.05, 3.63) is 36.0 Å². The minimum absolute atomic E-state index is 0.179. The summed E-state index contributed by atoms with van der Waals surface area (Å²) in [6, 6.07) is 7.94. The van der Waals surface area contributed by atoms with E-state index in [-0.39, 0.29) is 5.97 Å². The predicted octanol–water partition coefficient (Wildman–Crippen LogP) is 1.82. The lowest BCUT2D eigenvalue weighted by Crippen LogP contribution is -2.20. The number of fused-ring (bicyclic) bond motifs is 1. The summed E-state index contributed by atoms with van der Waals surface area (Å²) < 4.78 is 5.18. The SMILES string of the molecule is CN(C)CCOC(=O)Cc1c[nH]c2ccccc12. The predicted molar refractivity (Wildman–Crippen MR) is 71.5 cm³/mol. The van der Waals surface area contributed by atoms with Gasteiger partial charge in [0.15, 0.2) is 0 Å². The van der Waals surface area contributed by atoms with E-state index in [1.807, 2.05) is 49.5 Å². The van der Waals surface area contributed by atoms with Crippen molar-refractivity contribution in [2.75, 3.05) is 27.2 Å². The molecule has 18 heavy (non-hydrogen) atoms. The Bertz CT molecular complexity index is 531. The van der Waals surface area contributed by atoms with Crippen molar-refractivity contribution in [2.24, 2.45) is 0 Å². The summed E-state index contributed by atoms with van der Waals surface area (Å²) in [6.07, 6.45) is 2.19. The Morgan fingerprint density at radius 3 is 2.89 bits per heavy atom. The van der Waals surface area contributed by atoms with Gasteiger partial charge in [0.05, 0.1) is 6.42 Å². The van der Waals surface area contributed by atoms with Crippen LogP contribution in [0, 0.1) is 0 Å². The molecule has 2 rings (SSSR count). The highest BCUT2D eigenvalue weighted by atomic mass is 16.5. The van der Waals surface area contributed by atoms with E-state index in [2.05, 4.69) is 4.98 Å². The van der Waals surface area contributed by atoms with Crippen LogP contribution >= 0.6 is 0 Å². The lowest BCUT2D eigenvalue weighted by molar-refractivity contribution is -0.143. The number of para-hydroxylation sites is 1. The van der Waals surface area contributed by atoms with Gasteiger partial charge in [0.25, 0.3) is 0 Å². The number of hydrogen-bond acceptors (Lipinski definition) is 3. The average Bonchev–Trinajstić information content (AvgIpc) is 2.72. The zero-order valence-electron chi connectivity index (χ0n) is 10.8. The fourth-order valence-corrected chi connectivity index (χ4v) is 1.83. The lowest BCUT2D eigenvalue weighted by atomic mass is 10.1. The highest BCUT2D eigenvalue weighted by Crippen LogP contribution is 2.18. The van der Waals surface area contributed by atoms with Crippen LogP contribution in [0.3, 0.4) is 0 Å². The summed E-state index contributed by atoms with van der Waals surface area (Å²) in [5, 5.41) is 1.09. The molecule has 0 spiro atoms. The van der Waals surface area contributed by atoms with Crippen LogP contribution in [0.1, 0.15) is 5.56 Å². The second-order valence-electron chi connectivity index (χ2n) is 4.56. The van der Waals surface area contributed by atoms with Gasteiger partial charge in [-0.1, -0.05) is 18.2 Å². The molecule has 0 saturated carbocycles. The van der Waals surface area contributed by atoms with Crippen LogP contribution in [-0.4, -0.2) is 43.1 Å². The first-order valence-electron chi connectivity index (χ1n) is 6.02. The zero-order valence-corrected chi connectivity index (χ0v) is 10.8. The van der Waals surface area contributed by atoms with Gasteiger partial charge in [0.1, 0.15) is 6.61 Å². The van der Waals surface area contributed by atoms with Crippen LogP contribution in [0.15, 0.2) is 30.5 Å². The summed E-state index contributed by atoms with van der Waals surface area (Å²) in [7, 11) is 3.90. The number of aromatic nitrogens is 1. The van der Waals surface area contributed by atoms with Gasteiger partial charge in [-0.05, 0) is 25.7 Å². The summed E-state index contributed by atoms with van der Waals surface area (Å²) in [5.41, 5.74) is 2.04. The van der Waals surface area contributed by atoms with Crippen molar-refractivity contribution in [1.29, 1.82) is 0 Å². The Kier molecular flexibility index (Phi) is 3.99. The number of ether oxygens (including phenoxy) is 1. The van der Waals surface area contributed by atoms with Crippen LogP contribution < -0.4 is 0 Å². The van der Waals surface area contributed by atoms with Gasteiger partial charge < -0.3 is 14.6 Å². The first-order valence-corrected chi connectivity index (χ1v) is 6.02. The Hall–Kier alpha value is -1.81. The molecule has 0 saturated heterocycles. The van der Waals surface area contributed by atoms with Crippen LogP contribution in [0.5, 0.6) is 0 Å². The topological polar surface area (TPSA) is 45.3 Å². The molecule has 4 heteroatoms. The number of likely N-dealkylation sites (N-methyl/N-ethyl adjacent to an activating group) is 1. The number of carbonyl (C=O) groups is 1. The molecule has 1 aromatic carbocycles. The molecule has 1 N–H and O–H groups in total. The van der Waals surface area contributed by atoms with Crippen molar-refractivity contribution >= 4 is 16.9 Å². The number of nitrogens with one attached hydrogen (secondary N) is 1. The normalized spacial score (nSPS) is 11.1. The Morgan fingerprint density at radius 1 is 1.33 bits per heavy atom.